The van der Waals surface area contributed by atoms with E-state index in [1.807, 2.05) is 18.3 Å². The summed E-state index contributed by atoms with van der Waals surface area (Å²) < 4.78 is 19.2. The van der Waals surface area contributed by atoms with Gasteiger partial charge in [0.15, 0.2) is 0 Å². The zero-order chi connectivity index (χ0) is 23.9. The van der Waals surface area contributed by atoms with Crippen molar-refractivity contribution in [3.05, 3.63) is 83.1 Å². The Kier molecular flexibility index (Phi) is 8.12. The molecule has 0 atom stereocenters. The molecule has 0 spiro atoms. The van der Waals surface area contributed by atoms with Crippen molar-refractivity contribution in [2.24, 2.45) is 5.92 Å². The van der Waals surface area contributed by atoms with E-state index in [0.29, 0.717) is 31.4 Å². The van der Waals surface area contributed by atoms with Crippen molar-refractivity contribution in [1.82, 2.24) is 14.9 Å². The highest BCUT2D eigenvalue weighted by Gasteiger charge is 2.20. The van der Waals surface area contributed by atoms with Gasteiger partial charge < -0.3 is 15.0 Å². The summed E-state index contributed by atoms with van der Waals surface area (Å²) >= 11 is 0. The molecule has 5 nitrogen and oxygen atoms in total. The van der Waals surface area contributed by atoms with E-state index in [4.69, 9.17) is 9.72 Å². The van der Waals surface area contributed by atoms with Crippen LogP contribution in [0.4, 0.5) is 10.2 Å². The lowest BCUT2D eigenvalue weighted by Gasteiger charge is -2.29. The normalized spacial score (nSPS) is 15.0. The second kappa shape index (κ2) is 11.4. The summed E-state index contributed by atoms with van der Waals surface area (Å²) in [6.45, 7) is 7.87. The summed E-state index contributed by atoms with van der Waals surface area (Å²) in [5.41, 5.74) is 4.36. The first-order valence-corrected chi connectivity index (χ1v) is 12.2. The highest BCUT2D eigenvalue weighted by molar-refractivity contribution is 5.48. The molecule has 1 N–H and O–H groups in total. The van der Waals surface area contributed by atoms with Crippen molar-refractivity contribution < 1.29 is 9.13 Å². The summed E-state index contributed by atoms with van der Waals surface area (Å²) in [6, 6.07) is 13.7. The van der Waals surface area contributed by atoms with E-state index in [2.05, 4.69) is 54.3 Å². The van der Waals surface area contributed by atoms with Crippen molar-refractivity contribution in [3.63, 3.8) is 0 Å². The number of rotatable bonds is 9. The standard InChI is InChI=1S/C28H35FN4O/c1-20(2)19-34-27-8-4-21(5-9-27)16-31-28-23(15-26-7-6-25(29)18-30-26)14-24(17-32-28)22-10-12-33(3)13-11-22/h4-9,14,17-18,20,22H,10-13,15-16,19H2,1-3H3,(H,31,32). The lowest BCUT2D eigenvalue weighted by atomic mass is 9.89. The molecule has 0 radical (unpaired) electrons. The molecule has 1 aromatic carbocycles. The van der Waals surface area contributed by atoms with Crippen LogP contribution < -0.4 is 10.1 Å². The molecule has 1 saturated heterocycles. The number of aromatic nitrogens is 2. The summed E-state index contributed by atoms with van der Waals surface area (Å²) in [7, 11) is 2.18. The number of pyridine rings is 2. The number of nitrogens with one attached hydrogen (secondary N) is 1. The van der Waals surface area contributed by atoms with Gasteiger partial charge in [0.05, 0.1) is 12.8 Å². The van der Waals surface area contributed by atoms with Crippen LogP contribution in [0.3, 0.4) is 0 Å². The van der Waals surface area contributed by atoms with Gasteiger partial charge in [0, 0.05) is 30.4 Å². The first kappa shape index (κ1) is 24.1. The third kappa shape index (κ3) is 6.76. The molecule has 34 heavy (non-hydrogen) atoms. The van der Waals surface area contributed by atoms with E-state index in [1.165, 1.54) is 17.8 Å². The minimum absolute atomic E-state index is 0.318. The molecule has 4 rings (SSSR count). The summed E-state index contributed by atoms with van der Waals surface area (Å²) in [4.78, 5) is 11.5. The summed E-state index contributed by atoms with van der Waals surface area (Å²) in [5.74, 6) is 2.44. The van der Waals surface area contributed by atoms with E-state index in [1.54, 1.807) is 6.07 Å². The third-order valence-corrected chi connectivity index (χ3v) is 6.30. The Hall–Kier alpha value is -2.99. The molecule has 2 aromatic heterocycles. The van der Waals surface area contributed by atoms with Gasteiger partial charge in [0.1, 0.15) is 17.4 Å². The Labute approximate surface area is 202 Å². The average molecular weight is 463 g/mol. The molecule has 3 heterocycles. The maximum atomic E-state index is 13.4. The monoisotopic (exact) mass is 462 g/mol. The molecule has 0 aliphatic carbocycles. The molecule has 6 heteroatoms. The highest BCUT2D eigenvalue weighted by atomic mass is 19.1. The minimum Gasteiger partial charge on any atom is -0.493 e. The zero-order valence-corrected chi connectivity index (χ0v) is 20.4. The predicted octanol–water partition coefficient (Wildman–Crippen LogP) is 5.66. The Balaban J connectivity index is 1.49. The van der Waals surface area contributed by atoms with Crippen LogP contribution in [0.2, 0.25) is 0 Å². The Bertz CT molecular complexity index is 1050. The molecule has 0 unspecified atom stereocenters. The van der Waals surface area contributed by atoms with Crippen molar-refractivity contribution in [2.45, 2.75) is 45.6 Å². The number of hydrogen-bond acceptors (Lipinski definition) is 5. The fourth-order valence-electron chi connectivity index (χ4n) is 4.25. The number of hydrogen-bond donors (Lipinski definition) is 1. The topological polar surface area (TPSA) is 50.3 Å². The van der Waals surface area contributed by atoms with E-state index in [9.17, 15) is 4.39 Å². The highest BCUT2D eigenvalue weighted by Crippen LogP contribution is 2.30. The Morgan fingerprint density at radius 2 is 1.82 bits per heavy atom. The molecule has 1 aliphatic heterocycles. The van der Waals surface area contributed by atoms with Crippen molar-refractivity contribution >= 4 is 5.82 Å². The van der Waals surface area contributed by atoms with Crippen LogP contribution in [0, 0.1) is 11.7 Å². The van der Waals surface area contributed by atoms with Gasteiger partial charge in [-0.15, -0.1) is 0 Å². The molecular weight excluding hydrogens is 427 g/mol. The van der Waals surface area contributed by atoms with Crippen LogP contribution in [0.15, 0.2) is 54.9 Å². The molecular formula is C28H35FN4O. The van der Waals surface area contributed by atoms with Gasteiger partial charge >= 0.3 is 0 Å². The quantitative estimate of drug-likeness (QED) is 0.444. The van der Waals surface area contributed by atoms with Crippen molar-refractivity contribution in [3.8, 4) is 5.75 Å². The molecule has 1 aliphatic rings. The van der Waals surface area contributed by atoms with Crippen LogP contribution in [-0.4, -0.2) is 41.6 Å². The summed E-state index contributed by atoms with van der Waals surface area (Å²) in [6.07, 6.45) is 6.19. The SMILES string of the molecule is CC(C)COc1ccc(CNc2ncc(C3CCN(C)CC3)cc2Cc2ccc(F)cn2)cc1. The number of halogens is 1. The first-order chi connectivity index (χ1) is 16.5. The second-order valence-corrected chi connectivity index (χ2v) is 9.70. The Morgan fingerprint density at radius 3 is 2.50 bits per heavy atom. The van der Waals surface area contributed by atoms with Gasteiger partial charge in [-0.25, -0.2) is 9.37 Å². The van der Waals surface area contributed by atoms with Gasteiger partial charge in [0.25, 0.3) is 0 Å². The summed E-state index contributed by atoms with van der Waals surface area (Å²) in [5, 5.41) is 3.51. The van der Waals surface area contributed by atoms with Crippen LogP contribution >= 0.6 is 0 Å². The molecule has 0 saturated carbocycles. The van der Waals surface area contributed by atoms with E-state index in [0.717, 1.165) is 54.3 Å². The number of anilines is 1. The largest absolute Gasteiger partial charge is 0.493 e. The number of piperidine rings is 1. The average Bonchev–Trinajstić information content (AvgIpc) is 2.84. The van der Waals surface area contributed by atoms with Gasteiger partial charge in [-0.1, -0.05) is 26.0 Å². The van der Waals surface area contributed by atoms with Gasteiger partial charge in [0.2, 0.25) is 0 Å². The molecule has 1 fully saturated rings. The molecule has 0 bridgehead atoms. The van der Waals surface area contributed by atoms with Crippen molar-refractivity contribution in [1.29, 1.82) is 0 Å². The van der Waals surface area contributed by atoms with E-state index in [-0.39, 0.29) is 5.82 Å². The van der Waals surface area contributed by atoms with Crippen LogP contribution in [-0.2, 0) is 13.0 Å². The smallest absolute Gasteiger partial charge is 0.141 e. The van der Waals surface area contributed by atoms with Crippen molar-refractivity contribution in [2.75, 3.05) is 32.1 Å². The molecule has 0 amide bonds. The number of ether oxygens (including phenoxy) is 1. The lowest BCUT2D eigenvalue weighted by molar-refractivity contribution is 0.255. The van der Waals surface area contributed by atoms with E-state index >= 15 is 0 Å². The molecule has 3 aromatic rings. The fraction of sp³-hybridized carbons (Fsp3) is 0.429. The third-order valence-electron chi connectivity index (χ3n) is 6.30. The first-order valence-electron chi connectivity index (χ1n) is 12.2. The zero-order valence-electron chi connectivity index (χ0n) is 20.4. The number of benzene rings is 1. The predicted molar refractivity (Wildman–Crippen MR) is 135 cm³/mol. The maximum Gasteiger partial charge on any atom is 0.141 e. The maximum absolute atomic E-state index is 13.4. The van der Waals surface area contributed by atoms with Crippen LogP contribution in [0.1, 0.15) is 55.0 Å². The van der Waals surface area contributed by atoms with Gasteiger partial charge in [-0.05, 0) is 86.3 Å². The lowest BCUT2D eigenvalue weighted by Crippen LogP contribution is -2.29. The van der Waals surface area contributed by atoms with Gasteiger partial charge in [-0.3, -0.25) is 4.98 Å². The Morgan fingerprint density at radius 1 is 1.06 bits per heavy atom. The minimum atomic E-state index is -0.318. The van der Waals surface area contributed by atoms with Gasteiger partial charge in [-0.2, -0.15) is 0 Å². The molecule has 180 valence electrons. The number of likely N-dealkylation sites (tertiary alicyclic amines) is 1. The number of nitrogens with zero attached hydrogens (tertiary/aromatic N) is 3. The van der Waals surface area contributed by atoms with Crippen LogP contribution in [0.5, 0.6) is 5.75 Å². The second-order valence-electron chi connectivity index (χ2n) is 9.70. The van der Waals surface area contributed by atoms with Crippen LogP contribution in [0.25, 0.3) is 0 Å². The van der Waals surface area contributed by atoms with E-state index < -0.39 is 0 Å². The fourth-order valence-corrected chi connectivity index (χ4v) is 4.25.